The Labute approximate surface area is 116 Å². The van der Waals surface area contributed by atoms with Gasteiger partial charge in [-0.15, -0.1) is 0 Å². The molecule has 2 rings (SSSR count). The molecule has 8 nitrogen and oxygen atoms in total. The quantitative estimate of drug-likeness (QED) is 0.680. The Balaban J connectivity index is 2.21. The molecule has 9 heteroatoms. The lowest BCUT2D eigenvalue weighted by atomic mass is 10.2. The van der Waals surface area contributed by atoms with E-state index in [9.17, 15) is 14.9 Å². The number of aromatic carboxylic acids is 1. The summed E-state index contributed by atoms with van der Waals surface area (Å²) < 4.78 is 5.21. The van der Waals surface area contributed by atoms with Gasteiger partial charge in [0, 0.05) is 0 Å². The normalized spacial score (nSPS) is 10.1. The van der Waals surface area contributed by atoms with Crippen LogP contribution in [0.1, 0.15) is 10.4 Å². The Morgan fingerprint density at radius 3 is 2.50 bits per heavy atom. The highest BCUT2D eigenvalue weighted by atomic mass is 35.5. The number of aromatic nitrogens is 2. The smallest absolute Gasteiger partial charge is 0.335 e. The highest BCUT2D eigenvalue weighted by molar-refractivity contribution is 6.32. The van der Waals surface area contributed by atoms with Gasteiger partial charge in [-0.25, -0.2) is 4.79 Å². The van der Waals surface area contributed by atoms with Gasteiger partial charge in [0.2, 0.25) is 0 Å². The summed E-state index contributed by atoms with van der Waals surface area (Å²) in [6.45, 7) is 0. The van der Waals surface area contributed by atoms with Crippen LogP contribution in [0.15, 0.2) is 30.6 Å². The molecule has 0 atom stereocenters. The van der Waals surface area contributed by atoms with E-state index in [0.29, 0.717) is 0 Å². The number of hydrogen-bond donors (Lipinski definition) is 1. The van der Waals surface area contributed by atoms with Crippen molar-refractivity contribution in [3.8, 4) is 11.8 Å². The van der Waals surface area contributed by atoms with Gasteiger partial charge in [-0.05, 0) is 18.2 Å². The average molecular weight is 296 g/mol. The molecule has 0 fully saturated rings. The Morgan fingerprint density at radius 1 is 1.35 bits per heavy atom. The largest absolute Gasteiger partial charge is 0.478 e. The number of ether oxygens (including phenoxy) is 1. The minimum absolute atomic E-state index is 0.00645. The number of benzene rings is 1. The van der Waals surface area contributed by atoms with Gasteiger partial charge in [0.25, 0.3) is 0 Å². The third-order valence-electron chi connectivity index (χ3n) is 2.21. The van der Waals surface area contributed by atoms with Gasteiger partial charge >= 0.3 is 17.7 Å². The van der Waals surface area contributed by atoms with Crippen LogP contribution in [0.5, 0.6) is 11.8 Å². The lowest BCUT2D eigenvalue weighted by Crippen LogP contribution is -1.98. The SMILES string of the molecule is O=C(O)c1ccc(Oc2ncc([N+](=O)[O-])cn2)c(Cl)c1. The van der Waals surface area contributed by atoms with E-state index in [1.165, 1.54) is 18.2 Å². The second-order valence-corrected chi connectivity index (χ2v) is 3.94. The minimum Gasteiger partial charge on any atom is -0.478 e. The topological polar surface area (TPSA) is 115 Å². The molecular weight excluding hydrogens is 290 g/mol. The Bertz CT molecular complexity index is 674. The van der Waals surface area contributed by atoms with E-state index < -0.39 is 10.9 Å². The number of halogens is 1. The number of nitro groups is 1. The molecule has 0 bridgehead atoms. The molecule has 1 N–H and O–H groups in total. The summed E-state index contributed by atoms with van der Waals surface area (Å²) in [7, 11) is 0. The maximum absolute atomic E-state index is 10.7. The molecule has 0 aliphatic carbocycles. The summed E-state index contributed by atoms with van der Waals surface area (Å²) in [6, 6.07) is 3.72. The molecule has 1 aromatic carbocycles. The van der Waals surface area contributed by atoms with Gasteiger partial charge in [-0.2, -0.15) is 9.97 Å². The first-order valence-corrected chi connectivity index (χ1v) is 5.52. The van der Waals surface area contributed by atoms with E-state index in [-0.39, 0.29) is 28.0 Å². The number of carboxylic acid groups (broad SMARTS) is 1. The van der Waals surface area contributed by atoms with Crippen molar-refractivity contribution in [1.29, 1.82) is 0 Å². The molecular formula is C11H6ClN3O5. The summed E-state index contributed by atoms with van der Waals surface area (Å²) in [5.74, 6) is -0.976. The highest BCUT2D eigenvalue weighted by Crippen LogP contribution is 2.28. The van der Waals surface area contributed by atoms with Crippen LogP contribution in [0.3, 0.4) is 0 Å². The second-order valence-electron chi connectivity index (χ2n) is 3.53. The van der Waals surface area contributed by atoms with Crippen LogP contribution in [-0.4, -0.2) is 26.0 Å². The summed E-state index contributed by atoms with van der Waals surface area (Å²) in [5.41, 5.74) is -0.267. The number of carbonyl (C=O) groups is 1. The molecule has 0 unspecified atom stereocenters. The zero-order valence-electron chi connectivity index (χ0n) is 9.69. The Hall–Kier alpha value is -2.74. The van der Waals surface area contributed by atoms with E-state index in [0.717, 1.165) is 12.4 Å². The molecule has 102 valence electrons. The van der Waals surface area contributed by atoms with Crippen molar-refractivity contribution in [2.45, 2.75) is 0 Å². The van der Waals surface area contributed by atoms with Crippen LogP contribution in [0.4, 0.5) is 5.69 Å². The van der Waals surface area contributed by atoms with Crippen molar-refractivity contribution in [3.05, 3.63) is 51.3 Å². The van der Waals surface area contributed by atoms with Crippen molar-refractivity contribution < 1.29 is 19.6 Å². The predicted octanol–water partition coefficient (Wildman–Crippen LogP) is 2.53. The summed E-state index contributed by atoms with van der Waals surface area (Å²) in [5, 5.41) is 19.3. The van der Waals surface area contributed by atoms with Crippen LogP contribution in [0.25, 0.3) is 0 Å². The fraction of sp³-hybridized carbons (Fsp3) is 0. The second kappa shape index (κ2) is 5.49. The lowest BCUT2D eigenvalue weighted by molar-refractivity contribution is -0.385. The van der Waals surface area contributed by atoms with Crippen LogP contribution >= 0.6 is 11.6 Å². The summed E-state index contributed by atoms with van der Waals surface area (Å²) in [4.78, 5) is 27.8. The van der Waals surface area contributed by atoms with Crippen molar-refractivity contribution in [2.75, 3.05) is 0 Å². The average Bonchev–Trinajstić information content (AvgIpc) is 2.41. The van der Waals surface area contributed by atoms with Gasteiger partial charge in [0.15, 0.2) is 0 Å². The van der Waals surface area contributed by atoms with Gasteiger partial charge in [0.1, 0.15) is 18.1 Å². The molecule has 0 aliphatic rings. The van der Waals surface area contributed by atoms with E-state index in [1.807, 2.05) is 0 Å². The fourth-order valence-corrected chi connectivity index (χ4v) is 1.49. The monoisotopic (exact) mass is 295 g/mol. The van der Waals surface area contributed by atoms with Gasteiger partial charge < -0.3 is 9.84 Å². The number of nitrogens with zero attached hydrogens (tertiary/aromatic N) is 3. The third-order valence-corrected chi connectivity index (χ3v) is 2.50. The molecule has 0 spiro atoms. The predicted molar refractivity (Wildman–Crippen MR) is 67.2 cm³/mol. The van der Waals surface area contributed by atoms with E-state index in [1.54, 1.807) is 0 Å². The fourth-order valence-electron chi connectivity index (χ4n) is 1.27. The van der Waals surface area contributed by atoms with Crippen LogP contribution in [-0.2, 0) is 0 Å². The maximum atomic E-state index is 10.7. The van der Waals surface area contributed by atoms with Gasteiger partial charge in [0.05, 0.1) is 15.5 Å². The zero-order valence-corrected chi connectivity index (χ0v) is 10.4. The van der Waals surface area contributed by atoms with Crippen LogP contribution in [0.2, 0.25) is 5.02 Å². The maximum Gasteiger partial charge on any atom is 0.335 e. The minimum atomic E-state index is -1.12. The van der Waals surface area contributed by atoms with Gasteiger partial charge in [-0.3, -0.25) is 10.1 Å². The Kier molecular flexibility index (Phi) is 3.76. The Morgan fingerprint density at radius 2 is 2.00 bits per heavy atom. The van der Waals surface area contributed by atoms with E-state index >= 15 is 0 Å². The van der Waals surface area contributed by atoms with Crippen LogP contribution in [0, 0.1) is 10.1 Å². The molecule has 0 aliphatic heterocycles. The number of hydrogen-bond acceptors (Lipinski definition) is 6. The highest BCUT2D eigenvalue weighted by Gasteiger charge is 2.11. The van der Waals surface area contributed by atoms with Crippen molar-refractivity contribution in [3.63, 3.8) is 0 Å². The van der Waals surface area contributed by atoms with Gasteiger partial charge in [-0.1, -0.05) is 11.6 Å². The molecule has 1 aromatic heterocycles. The molecule has 2 aromatic rings. The summed E-state index contributed by atoms with van der Waals surface area (Å²) >= 11 is 5.85. The standard InChI is InChI=1S/C11H6ClN3O5/c12-8-3-6(10(16)17)1-2-9(8)20-11-13-4-7(5-14-11)15(18)19/h1-5H,(H,16,17). The number of rotatable bonds is 4. The van der Waals surface area contributed by atoms with Crippen molar-refractivity contribution >= 4 is 23.3 Å². The van der Waals surface area contributed by atoms with E-state index in [4.69, 9.17) is 21.4 Å². The molecule has 0 saturated heterocycles. The van der Waals surface area contributed by atoms with Crippen molar-refractivity contribution in [2.24, 2.45) is 0 Å². The molecule has 0 radical (unpaired) electrons. The summed E-state index contributed by atoms with van der Waals surface area (Å²) in [6.07, 6.45) is 1.98. The third kappa shape index (κ3) is 2.98. The van der Waals surface area contributed by atoms with Crippen molar-refractivity contribution in [1.82, 2.24) is 9.97 Å². The number of carboxylic acids is 1. The van der Waals surface area contributed by atoms with E-state index in [2.05, 4.69) is 9.97 Å². The molecule has 0 saturated carbocycles. The zero-order chi connectivity index (χ0) is 14.7. The first-order valence-electron chi connectivity index (χ1n) is 5.14. The molecule has 20 heavy (non-hydrogen) atoms. The first kappa shape index (κ1) is 13.7. The molecule has 1 heterocycles. The lowest BCUT2D eigenvalue weighted by Gasteiger charge is -2.05. The molecule has 0 amide bonds. The van der Waals surface area contributed by atoms with Crippen LogP contribution < -0.4 is 4.74 Å². The first-order chi connectivity index (χ1) is 9.47.